The van der Waals surface area contributed by atoms with Gasteiger partial charge >= 0.3 is 17.9 Å². The molecule has 0 saturated heterocycles. The summed E-state index contributed by atoms with van der Waals surface area (Å²) in [6.07, 6.45) is 49.9. The van der Waals surface area contributed by atoms with E-state index in [1.165, 1.54) is 186 Å². The molecule has 0 saturated carbocycles. The van der Waals surface area contributed by atoms with Crippen molar-refractivity contribution >= 4 is 17.9 Å². The van der Waals surface area contributed by atoms with Crippen LogP contribution in [-0.2, 0) is 28.6 Å². The van der Waals surface area contributed by atoms with Crippen molar-refractivity contribution in [3.63, 3.8) is 0 Å². The Labute approximate surface area is 355 Å². The highest BCUT2D eigenvalue weighted by Gasteiger charge is 2.19. The first kappa shape index (κ1) is 55.4. The van der Waals surface area contributed by atoms with Crippen LogP contribution in [0.4, 0.5) is 0 Å². The van der Waals surface area contributed by atoms with Gasteiger partial charge in [-0.15, -0.1) is 0 Å². The minimum Gasteiger partial charge on any atom is -0.462 e. The zero-order valence-electron chi connectivity index (χ0n) is 38.6. The molecule has 0 bridgehead atoms. The van der Waals surface area contributed by atoms with E-state index < -0.39 is 6.10 Å². The third-order valence-corrected chi connectivity index (χ3v) is 11.6. The number of carbonyl (C=O) groups is 3. The molecule has 0 fully saturated rings. The van der Waals surface area contributed by atoms with Gasteiger partial charge in [0, 0.05) is 19.3 Å². The molecule has 0 aromatic rings. The first-order valence-electron chi connectivity index (χ1n) is 25.5. The molecule has 57 heavy (non-hydrogen) atoms. The molecule has 0 aliphatic rings. The number of unbranched alkanes of at least 4 members (excludes halogenated alkanes) is 36. The fourth-order valence-electron chi connectivity index (χ4n) is 7.74. The average Bonchev–Trinajstić information content (AvgIpc) is 3.21. The van der Waals surface area contributed by atoms with Crippen molar-refractivity contribution in [3.05, 3.63) is 0 Å². The lowest BCUT2D eigenvalue weighted by Gasteiger charge is -2.18. The molecule has 338 valence electrons. The molecule has 0 N–H and O–H groups in total. The summed E-state index contributed by atoms with van der Waals surface area (Å²) in [7, 11) is 0. The summed E-state index contributed by atoms with van der Waals surface area (Å²) in [4.78, 5) is 37.6. The van der Waals surface area contributed by atoms with Crippen molar-refractivity contribution in [2.75, 3.05) is 13.2 Å². The summed E-state index contributed by atoms with van der Waals surface area (Å²) < 4.78 is 16.7. The Hall–Kier alpha value is -1.59. The second-order valence-electron chi connectivity index (χ2n) is 17.5. The van der Waals surface area contributed by atoms with Crippen LogP contribution >= 0.6 is 0 Å². The first-order chi connectivity index (χ1) is 28.0. The maximum Gasteiger partial charge on any atom is 0.306 e. The fraction of sp³-hybridized carbons (Fsp3) is 0.941. The molecule has 0 radical (unpaired) electrons. The summed E-state index contributed by atoms with van der Waals surface area (Å²) in [5, 5.41) is 0. The van der Waals surface area contributed by atoms with Crippen LogP contribution in [0, 0.1) is 0 Å². The highest BCUT2D eigenvalue weighted by Crippen LogP contribution is 2.17. The molecule has 0 amide bonds. The van der Waals surface area contributed by atoms with Crippen molar-refractivity contribution in [2.24, 2.45) is 0 Å². The van der Waals surface area contributed by atoms with Crippen LogP contribution in [0.5, 0.6) is 0 Å². The van der Waals surface area contributed by atoms with Crippen LogP contribution in [0.15, 0.2) is 0 Å². The summed E-state index contributed by atoms with van der Waals surface area (Å²) >= 11 is 0. The van der Waals surface area contributed by atoms with Crippen molar-refractivity contribution in [2.45, 2.75) is 297 Å². The molecule has 0 aliphatic heterocycles. The number of esters is 3. The van der Waals surface area contributed by atoms with E-state index in [9.17, 15) is 14.4 Å². The van der Waals surface area contributed by atoms with Crippen LogP contribution < -0.4 is 0 Å². The van der Waals surface area contributed by atoms with Gasteiger partial charge in [0.05, 0.1) is 0 Å². The average molecular weight is 807 g/mol. The molecule has 0 aromatic carbocycles. The van der Waals surface area contributed by atoms with Gasteiger partial charge in [0.15, 0.2) is 6.10 Å². The fourth-order valence-corrected chi connectivity index (χ4v) is 7.74. The van der Waals surface area contributed by atoms with Gasteiger partial charge in [-0.1, -0.05) is 252 Å². The van der Waals surface area contributed by atoms with Crippen LogP contribution in [0.1, 0.15) is 290 Å². The zero-order chi connectivity index (χ0) is 41.5. The molecule has 6 nitrogen and oxygen atoms in total. The van der Waals surface area contributed by atoms with Crippen LogP contribution in [0.3, 0.4) is 0 Å². The van der Waals surface area contributed by atoms with E-state index in [4.69, 9.17) is 14.2 Å². The molecule has 0 aliphatic carbocycles. The molecule has 6 heteroatoms. The van der Waals surface area contributed by atoms with Crippen molar-refractivity contribution in [1.29, 1.82) is 0 Å². The van der Waals surface area contributed by atoms with Crippen molar-refractivity contribution in [3.8, 4) is 0 Å². The molecular weight excluding hydrogens is 709 g/mol. The van der Waals surface area contributed by atoms with E-state index >= 15 is 0 Å². The third kappa shape index (κ3) is 45.3. The Morgan fingerprint density at radius 2 is 0.474 bits per heavy atom. The topological polar surface area (TPSA) is 78.9 Å². The molecule has 0 rings (SSSR count). The Morgan fingerprint density at radius 3 is 0.702 bits per heavy atom. The Morgan fingerprint density at radius 1 is 0.281 bits per heavy atom. The molecule has 1 unspecified atom stereocenters. The number of hydrogen-bond donors (Lipinski definition) is 0. The molecule has 0 aromatic heterocycles. The lowest BCUT2D eigenvalue weighted by molar-refractivity contribution is -0.167. The Kier molecular flexibility index (Phi) is 45.8. The second kappa shape index (κ2) is 47.1. The minimum absolute atomic E-state index is 0.0633. The Bertz CT molecular complexity index is 844. The molecule has 1 atom stereocenters. The van der Waals surface area contributed by atoms with E-state index in [0.29, 0.717) is 19.3 Å². The summed E-state index contributed by atoms with van der Waals surface area (Å²) in [6.45, 7) is 6.60. The number of hydrogen-bond acceptors (Lipinski definition) is 6. The monoisotopic (exact) mass is 807 g/mol. The van der Waals surface area contributed by atoms with Crippen molar-refractivity contribution in [1.82, 2.24) is 0 Å². The molecule has 0 spiro atoms. The first-order valence-corrected chi connectivity index (χ1v) is 25.5. The van der Waals surface area contributed by atoms with E-state index in [-0.39, 0.29) is 31.1 Å². The van der Waals surface area contributed by atoms with Gasteiger partial charge in [0.2, 0.25) is 0 Å². The van der Waals surface area contributed by atoms with Gasteiger partial charge in [-0.05, 0) is 19.3 Å². The van der Waals surface area contributed by atoms with Gasteiger partial charge in [-0.2, -0.15) is 0 Å². The van der Waals surface area contributed by atoms with Crippen molar-refractivity contribution < 1.29 is 28.6 Å². The predicted octanol–water partition coefficient (Wildman–Crippen LogP) is 16.4. The van der Waals surface area contributed by atoms with E-state index in [2.05, 4.69) is 20.8 Å². The maximum atomic E-state index is 12.7. The number of carbonyl (C=O) groups excluding carboxylic acids is 3. The van der Waals surface area contributed by atoms with E-state index in [1.807, 2.05) is 0 Å². The zero-order valence-corrected chi connectivity index (χ0v) is 38.6. The lowest BCUT2D eigenvalue weighted by Crippen LogP contribution is -2.30. The maximum absolute atomic E-state index is 12.7. The number of ether oxygens (including phenoxy) is 3. The molecule has 0 heterocycles. The van der Waals surface area contributed by atoms with Gasteiger partial charge in [0.25, 0.3) is 0 Å². The Balaban J connectivity index is 4.05. The second-order valence-corrected chi connectivity index (χ2v) is 17.5. The number of rotatable bonds is 47. The van der Waals surface area contributed by atoms with E-state index in [1.54, 1.807) is 0 Å². The smallest absolute Gasteiger partial charge is 0.306 e. The standard InChI is InChI=1S/C51H98O6/c1-4-7-10-13-15-17-19-21-22-23-24-25-26-27-28-30-31-33-35-38-41-44-50(53)56-47-48(46-55-49(52)43-40-37-12-9-6-3)57-51(54)45-42-39-36-34-32-29-20-18-16-14-11-8-5-2/h48H,4-47H2,1-3H3. The van der Waals surface area contributed by atoms with E-state index in [0.717, 1.165) is 64.2 Å². The lowest BCUT2D eigenvalue weighted by atomic mass is 10.0. The third-order valence-electron chi connectivity index (χ3n) is 11.6. The highest BCUT2D eigenvalue weighted by atomic mass is 16.6. The van der Waals surface area contributed by atoms with Gasteiger partial charge in [-0.3, -0.25) is 14.4 Å². The quantitative estimate of drug-likeness (QED) is 0.0346. The normalized spacial score (nSPS) is 11.8. The van der Waals surface area contributed by atoms with Crippen LogP contribution in [0.25, 0.3) is 0 Å². The van der Waals surface area contributed by atoms with Gasteiger partial charge < -0.3 is 14.2 Å². The summed E-state index contributed by atoms with van der Waals surface area (Å²) in [6, 6.07) is 0. The van der Waals surface area contributed by atoms with Gasteiger partial charge in [-0.25, -0.2) is 0 Å². The summed E-state index contributed by atoms with van der Waals surface area (Å²) in [5.41, 5.74) is 0. The van der Waals surface area contributed by atoms with Gasteiger partial charge in [0.1, 0.15) is 13.2 Å². The minimum atomic E-state index is -0.757. The molecular formula is C51H98O6. The SMILES string of the molecule is CCCCCCCCCCCCCCCCCCCCCCCC(=O)OCC(COC(=O)CCCCCCC)OC(=O)CCCCCCCCCCCCCCC. The highest BCUT2D eigenvalue weighted by molar-refractivity contribution is 5.71. The van der Waals surface area contributed by atoms with Crippen LogP contribution in [0.2, 0.25) is 0 Å². The van der Waals surface area contributed by atoms with Crippen LogP contribution in [-0.4, -0.2) is 37.2 Å². The largest absolute Gasteiger partial charge is 0.462 e. The predicted molar refractivity (Wildman–Crippen MR) is 243 cm³/mol. The summed E-state index contributed by atoms with van der Waals surface area (Å²) in [5.74, 6) is -0.860.